The predicted molar refractivity (Wildman–Crippen MR) is 43.2 cm³/mol. The van der Waals surface area contributed by atoms with Gasteiger partial charge in [-0.05, 0) is 6.42 Å². The third kappa shape index (κ3) is 1.58. The van der Waals surface area contributed by atoms with E-state index in [0.29, 0.717) is 5.13 Å². The lowest BCUT2D eigenvalue weighted by Gasteiger charge is -1.96. The topological polar surface area (TPSA) is 51.8 Å². The van der Waals surface area contributed by atoms with Gasteiger partial charge in [-0.25, -0.2) is 0 Å². The molecule has 1 heterocycles. The van der Waals surface area contributed by atoms with E-state index in [2.05, 4.69) is 10.2 Å². The number of alkyl halides is 1. The minimum absolute atomic E-state index is 0.0326. The molecular formula is C5H8ClN3S. The van der Waals surface area contributed by atoms with Gasteiger partial charge in [0.1, 0.15) is 5.01 Å². The highest BCUT2D eigenvalue weighted by molar-refractivity contribution is 7.15. The molecule has 5 heteroatoms. The van der Waals surface area contributed by atoms with Gasteiger partial charge in [-0.3, -0.25) is 0 Å². The Hall–Kier alpha value is -0.350. The molecule has 0 bridgehead atoms. The molecule has 10 heavy (non-hydrogen) atoms. The maximum absolute atomic E-state index is 5.86. The fraction of sp³-hybridized carbons (Fsp3) is 0.600. The number of anilines is 1. The van der Waals surface area contributed by atoms with E-state index in [-0.39, 0.29) is 5.38 Å². The summed E-state index contributed by atoms with van der Waals surface area (Å²) in [5.74, 6) is 0. The third-order valence-corrected chi connectivity index (χ3v) is 2.59. The molecule has 0 radical (unpaired) electrons. The smallest absolute Gasteiger partial charge is 0.203 e. The minimum atomic E-state index is -0.0326. The van der Waals surface area contributed by atoms with Crippen LogP contribution in [0.4, 0.5) is 5.13 Å². The molecule has 0 amide bonds. The van der Waals surface area contributed by atoms with Crippen LogP contribution >= 0.6 is 22.9 Å². The van der Waals surface area contributed by atoms with Crippen molar-refractivity contribution in [3.63, 3.8) is 0 Å². The van der Waals surface area contributed by atoms with Gasteiger partial charge in [-0.2, -0.15) is 0 Å². The second-order valence-corrected chi connectivity index (χ2v) is 3.42. The fourth-order valence-electron chi connectivity index (χ4n) is 0.548. The Labute approximate surface area is 68.2 Å². The van der Waals surface area contributed by atoms with Crippen LogP contribution in [0.15, 0.2) is 0 Å². The molecule has 1 aromatic heterocycles. The Morgan fingerprint density at radius 1 is 1.70 bits per heavy atom. The lowest BCUT2D eigenvalue weighted by molar-refractivity contribution is 0.848. The summed E-state index contributed by atoms with van der Waals surface area (Å²) in [6.45, 7) is 2.00. The highest BCUT2D eigenvalue weighted by Gasteiger charge is 2.09. The van der Waals surface area contributed by atoms with Gasteiger partial charge in [-0.15, -0.1) is 21.8 Å². The number of aromatic nitrogens is 2. The van der Waals surface area contributed by atoms with Crippen molar-refractivity contribution in [1.29, 1.82) is 0 Å². The van der Waals surface area contributed by atoms with E-state index in [0.717, 1.165) is 11.4 Å². The van der Waals surface area contributed by atoms with Crippen molar-refractivity contribution in [2.24, 2.45) is 0 Å². The van der Waals surface area contributed by atoms with Gasteiger partial charge < -0.3 is 5.73 Å². The van der Waals surface area contributed by atoms with Crippen LogP contribution in [-0.2, 0) is 0 Å². The SMILES string of the molecule is CCC(Cl)c1nnc(N)s1. The van der Waals surface area contributed by atoms with E-state index in [1.807, 2.05) is 6.92 Å². The van der Waals surface area contributed by atoms with Crippen molar-refractivity contribution in [2.75, 3.05) is 5.73 Å². The van der Waals surface area contributed by atoms with E-state index in [9.17, 15) is 0 Å². The lowest BCUT2D eigenvalue weighted by Crippen LogP contribution is -1.85. The molecule has 1 aromatic rings. The van der Waals surface area contributed by atoms with Crippen LogP contribution in [0.1, 0.15) is 23.7 Å². The molecule has 0 aromatic carbocycles. The van der Waals surface area contributed by atoms with E-state index in [4.69, 9.17) is 17.3 Å². The predicted octanol–water partition coefficient (Wildman–Crippen LogP) is 1.81. The van der Waals surface area contributed by atoms with Gasteiger partial charge >= 0.3 is 0 Å². The Morgan fingerprint density at radius 2 is 2.40 bits per heavy atom. The molecular weight excluding hydrogens is 170 g/mol. The lowest BCUT2D eigenvalue weighted by atomic mass is 10.3. The second kappa shape index (κ2) is 3.16. The maximum Gasteiger partial charge on any atom is 0.203 e. The van der Waals surface area contributed by atoms with Gasteiger partial charge in [-0.1, -0.05) is 18.3 Å². The van der Waals surface area contributed by atoms with Crippen LogP contribution < -0.4 is 5.73 Å². The first-order chi connectivity index (χ1) is 4.74. The van der Waals surface area contributed by atoms with Crippen LogP contribution in [0.3, 0.4) is 0 Å². The number of nitrogens with zero attached hydrogens (tertiary/aromatic N) is 2. The zero-order chi connectivity index (χ0) is 7.56. The molecule has 56 valence electrons. The van der Waals surface area contributed by atoms with Crippen molar-refractivity contribution in [3.8, 4) is 0 Å². The Morgan fingerprint density at radius 3 is 2.80 bits per heavy atom. The van der Waals surface area contributed by atoms with E-state index in [1.165, 1.54) is 11.3 Å². The third-order valence-electron chi connectivity index (χ3n) is 1.08. The van der Waals surface area contributed by atoms with Crippen LogP contribution in [0, 0.1) is 0 Å². The summed E-state index contributed by atoms with van der Waals surface area (Å²) < 4.78 is 0. The van der Waals surface area contributed by atoms with Crippen molar-refractivity contribution < 1.29 is 0 Å². The van der Waals surface area contributed by atoms with Gasteiger partial charge in [0.05, 0.1) is 5.38 Å². The Kier molecular flexibility index (Phi) is 2.45. The van der Waals surface area contributed by atoms with Crippen LogP contribution in [0.2, 0.25) is 0 Å². The van der Waals surface area contributed by atoms with Crippen molar-refractivity contribution in [2.45, 2.75) is 18.7 Å². The van der Waals surface area contributed by atoms with Crippen LogP contribution in [0.5, 0.6) is 0 Å². The summed E-state index contributed by atoms with van der Waals surface area (Å²) >= 11 is 7.20. The molecule has 0 saturated carbocycles. The number of nitrogens with two attached hydrogens (primary N) is 1. The van der Waals surface area contributed by atoms with Crippen molar-refractivity contribution >= 4 is 28.1 Å². The normalized spacial score (nSPS) is 13.4. The highest BCUT2D eigenvalue weighted by Crippen LogP contribution is 2.26. The van der Waals surface area contributed by atoms with Crippen molar-refractivity contribution in [1.82, 2.24) is 10.2 Å². The first-order valence-electron chi connectivity index (χ1n) is 2.97. The van der Waals surface area contributed by atoms with E-state index < -0.39 is 0 Å². The van der Waals surface area contributed by atoms with Gasteiger partial charge in [0.25, 0.3) is 0 Å². The number of hydrogen-bond donors (Lipinski definition) is 1. The van der Waals surface area contributed by atoms with E-state index in [1.54, 1.807) is 0 Å². The molecule has 1 atom stereocenters. The first-order valence-corrected chi connectivity index (χ1v) is 4.22. The molecule has 0 spiro atoms. The molecule has 2 N–H and O–H groups in total. The quantitative estimate of drug-likeness (QED) is 0.702. The number of halogens is 1. The summed E-state index contributed by atoms with van der Waals surface area (Å²) in [7, 11) is 0. The van der Waals surface area contributed by atoms with Gasteiger partial charge in [0.15, 0.2) is 0 Å². The average Bonchev–Trinajstić information content (AvgIpc) is 2.34. The summed E-state index contributed by atoms with van der Waals surface area (Å²) in [5.41, 5.74) is 5.36. The molecule has 0 aliphatic carbocycles. The van der Waals surface area contributed by atoms with Crippen LogP contribution in [0.25, 0.3) is 0 Å². The maximum atomic E-state index is 5.86. The number of rotatable bonds is 2. The largest absolute Gasteiger partial charge is 0.374 e. The molecule has 0 aliphatic rings. The summed E-state index contributed by atoms with van der Waals surface area (Å²) in [6, 6.07) is 0. The Balaban J connectivity index is 2.74. The molecule has 3 nitrogen and oxygen atoms in total. The average molecular weight is 178 g/mol. The number of hydrogen-bond acceptors (Lipinski definition) is 4. The second-order valence-electron chi connectivity index (χ2n) is 1.85. The van der Waals surface area contributed by atoms with Gasteiger partial charge in [0, 0.05) is 0 Å². The molecule has 0 fully saturated rings. The standard InChI is InChI=1S/C5H8ClN3S/c1-2-3(6)4-8-9-5(7)10-4/h3H,2H2,1H3,(H2,7,9). The molecule has 0 aliphatic heterocycles. The zero-order valence-corrected chi connectivity index (χ0v) is 7.11. The van der Waals surface area contributed by atoms with Gasteiger partial charge in [0.2, 0.25) is 5.13 Å². The summed E-state index contributed by atoms with van der Waals surface area (Å²) in [5, 5.41) is 8.70. The molecule has 1 unspecified atom stereocenters. The zero-order valence-electron chi connectivity index (χ0n) is 5.54. The Bertz CT molecular complexity index is 212. The summed E-state index contributed by atoms with van der Waals surface area (Å²) in [4.78, 5) is 0. The minimum Gasteiger partial charge on any atom is -0.374 e. The summed E-state index contributed by atoms with van der Waals surface area (Å²) in [6.07, 6.45) is 0.857. The first kappa shape index (κ1) is 7.75. The molecule has 1 rings (SSSR count). The van der Waals surface area contributed by atoms with Crippen molar-refractivity contribution in [3.05, 3.63) is 5.01 Å². The fourth-order valence-corrected chi connectivity index (χ4v) is 1.40. The highest BCUT2D eigenvalue weighted by atomic mass is 35.5. The van der Waals surface area contributed by atoms with E-state index >= 15 is 0 Å². The van der Waals surface area contributed by atoms with Crippen LogP contribution in [-0.4, -0.2) is 10.2 Å². The monoisotopic (exact) mass is 177 g/mol. The number of nitrogen functional groups attached to an aromatic ring is 1. The molecule has 0 saturated heterocycles.